The van der Waals surface area contributed by atoms with Gasteiger partial charge in [-0.2, -0.15) is 4.31 Å². The van der Waals surface area contributed by atoms with Crippen LogP contribution in [0.4, 0.5) is 0 Å². The molecule has 0 fully saturated rings. The first-order valence-electron chi connectivity index (χ1n) is 9.30. The molecule has 1 unspecified atom stereocenters. The first kappa shape index (κ1) is 18.1. The summed E-state index contributed by atoms with van der Waals surface area (Å²) in [5, 5.41) is 1.20. The highest BCUT2D eigenvalue weighted by atomic mass is 32.2. The highest BCUT2D eigenvalue weighted by Crippen LogP contribution is 2.32. The van der Waals surface area contributed by atoms with Crippen molar-refractivity contribution in [3.05, 3.63) is 59.8 Å². The molecule has 0 saturated heterocycles. The Bertz CT molecular complexity index is 1050. The second-order valence-electron chi connectivity index (χ2n) is 6.95. The summed E-state index contributed by atoms with van der Waals surface area (Å²) in [6, 6.07) is 14.8. The molecular weight excluding hydrogens is 360 g/mol. The molecule has 0 radical (unpaired) electrons. The van der Waals surface area contributed by atoms with E-state index in [9.17, 15) is 8.42 Å². The topological polar surface area (TPSA) is 62.4 Å². The third-order valence-electron chi connectivity index (χ3n) is 5.40. The van der Waals surface area contributed by atoms with Gasteiger partial charge in [0.1, 0.15) is 5.75 Å². The van der Waals surface area contributed by atoms with Crippen LogP contribution in [0.15, 0.2) is 53.4 Å². The lowest BCUT2D eigenvalue weighted by Crippen LogP contribution is -2.40. The Balaban J connectivity index is 1.59. The number of hydrogen-bond acceptors (Lipinski definition) is 3. The molecular formula is C21H24N2O3S. The van der Waals surface area contributed by atoms with Crippen LogP contribution in [0.25, 0.3) is 10.9 Å². The predicted octanol–water partition coefficient (Wildman–Crippen LogP) is 3.74. The molecule has 4 rings (SSSR count). The largest absolute Gasteiger partial charge is 0.494 e. The van der Waals surface area contributed by atoms with E-state index in [1.165, 1.54) is 20.9 Å². The van der Waals surface area contributed by atoms with Crippen molar-refractivity contribution in [1.82, 2.24) is 9.29 Å². The van der Waals surface area contributed by atoms with E-state index in [2.05, 4.69) is 17.1 Å². The molecule has 0 amide bonds. The summed E-state index contributed by atoms with van der Waals surface area (Å²) in [6.07, 6.45) is 2.40. The molecule has 0 aliphatic heterocycles. The van der Waals surface area contributed by atoms with E-state index in [-0.39, 0.29) is 6.04 Å². The van der Waals surface area contributed by atoms with Gasteiger partial charge in [-0.05, 0) is 62.1 Å². The smallest absolute Gasteiger partial charge is 0.243 e. The standard InChI is InChI=1S/C21H24N2O3S/c1-3-26-16-9-11-17(12-10-16)27(24,25)23(2)15-8-13-21-19(14-15)18-6-4-5-7-20(18)22-21/h4-7,9-12,15,22H,3,8,13-14H2,1-2H3. The summed E-state index contributed by atoms with van der Waals surface area (Å²) in [7, 11) is -1.85. The fourth-order valence-corrected chi connectivity index (χ4v) is 5.28. The molecule has 27 heavy (non-hydrogen) atoms. The highest BCUT2D eigenvalue weighted by Gasteiger charge is 2.32. The van der Waals surface area contributed by atoms with Gasteiger partial charge in [-0.3, -0.25) is 0 Å². The van der Waals surface area contributed by atoms with E-state index in [0.29, 0.717) is 17.3 Å². The van der Waals surface area contributed by atoms with Crippen LogP contribution >= 0.6 is 0 Å². The normalized spacial score (nSPS) is 17.2. The lowest BCUT2D eigenvalue weighted by Gasteiger charge is -2.30. The predicted molar refractivity (Wildman–Crippen MR) is 107 cm³/mol. The van der Waals surface area contributed by atoms with Crippen LogP contribution in [-0.4, -0.2) is 37.4 Å². The summed E-state index contributed by atoms with van der Waals surface area (Å²) in [5.41, 5.74) is 3.61. The number of sulfonamides is 1. The van der Waals surface area contributed by atoms with Crippen molar-refractivity contribution in [1.29, 1.82) is 0 Å². The Morgan fingerprint density at radius 3 is 2.63 bits per heavy atom. The molecule has 6 heteroatoms. The fourth-order valence-electron chi connectivity index (χ4n) is 3.90. The number of fused-ring (bicyclic) bond motifs is 3. The molecule has 1 heterocycles. The first-order chi connectivity index (χ1) is 13.0. The number of aryl methyl sites for hydroxylation is 1. The van der Waals surface area contributed by atoms with Gasteiger partial charge >= 0.3 is 0 Å². The Hall–Kier alpha value is -2.31. The molecule has 1 N–H and O–H groups in total. The average molecular weight is 385 g/mol. The Morgan fingerprint density at radius 1 is 1.15 bits per heavy atom. The second-order valence-corrected chi connectivity index (χ2v) is 8.95. The van der Waals surface area contributed by atoms with Crippen molar-refractivity contribution >= 4 is 20.9 Å². The SMILES string of the molecule is CCOc1ccc(S(=O)(=O)N(C)C2CCc3[nH]c4ccccc4c3C2)cc1. The summed E-state index contributed by atoms with van der Waals surface area (Å²) in [6.45, 7) is 2.46. The van der Waals surface area contributed by atoms with Crippen molar-refractivity contribution in [2.75, 3.05) is 13.7 Å². The average Bonchev–Trinajstić information content (AvgIpc) is 3.06. The minimum atomic E-state index is -3.54. The zero-order valence-corrected chi connectivity index (χ0v) is 16.4. The van der Waals surface area contributed by atoms with Gasteiger partial charge in [0, 0.05) is 29.7 Å². The number of rotatable bonds is 5. The van der Waals surface area contributed by atoms with E-state index < -0.39 is 10.0 Å². The molecule has 0 bridgehead atoms. The number of likely N-dealkylation sites (N-methyl/N-ethyl adjacent to an activating group) is 1. The molecule has 1 aliphatic rings. The Kier molecular flexibility index (Phi) is 4.70. The minimum absolute atomic E-state index is 0.0479. The number of nitrogens with zero attached hydrogens (tertiary/aromatic N) is 1. The van der Waals surface area contributed by atoms with Gasteiger partial charge in [-0.15, -0.1) is 0 Å². The molecule has 0 spiro atoms. The van der Waals surface area contributed by atoms with Crippen LogP contribution in [0.2, 0.25) is 0 Å². The van der Waals surface area contributed by atoms with Gasteiger partial charge < -0.3 is 9.72 Å². The van der Waals surface area contributed by atoms with Crippen LogP contribution in [0, 0.1) is 0 Å². The maximum absolute atomic E-state index is 13.1. The quantitative estimate of drug-likeness (QED) is 0.729. The van der Waals surface area contributed by atoms with Crippen LogP contribution in [-0.2, 0) is 22.9 Å². The molecule has 2 aromatic carbocycles. The minimum Gasteiger partial charge on any atom is -0.494 e. The van der Waals surface area contributed by atoms with Crippen molar-refractivity contribution in [3.8, 4) is 5.75 Å². The molecule has 3 aromatic rings. The lowest BCUT2D eigenvalue weighted by atomic mass is 9.91. The number of nitrogens with one attached hydrogen (secondary N) is 1. The monoisotopic (exact) mass is 384 g/mol. The van der Waals surface area contributed by atoms with E-state index in [0.717, 1.165) is 24.8 Å². The molecule has 1 aliphatic carbocycles. The van der Waals surface area contributed by atoms with Gasteiger partial charge in [0.15, 0.2) is 0 Å². The van der Waals surface area contributed by atoms with Crippen LogP contribution < -0.4 is 4.74 Å². The third kappa shape index (κ3) is 3.24. The van der Waals surface area contributed by atoms with Gasteiger partial charge in [0.2, 0.25) is 10.0 Å². The summed E-state index contributed by atoms with van der Waals surface area (Å²) in [4.78, 5) is 3.79. The number of benzene rings is 2. The number of para-hydroxylation sites is 1. The summed E-state index contributed by atoms with van der Waals surface area (Å²) < 4.78 is 33.1. The number of ether oxygens (including phenoxy) is 1. The molecule has 142 valence electrons. The Morgan fingerprint density at radius 2 is 1.89 bits per heavy atom. The zero-order valence-electron chi connectivity index (χ0n) is 15.6. The molecule has 5 nitrogen and oxygen atoms in total. The number of H-pyrrole nitrogens is 1. The van der Waals surface area contributed by atoms with Gasteiger partial charge in [-0.1, -0.05) is 18.2 Å². The van der Waals surface area contributed by atoms with Gasteiger partial charge in [-0.25, -0.2) is 8.42 Å². The van der Waals surface area contributed by atoms with Gasteiger partial charge in [0.05, 0.1) is 11.5 Å². The zero-order chi connectivity index (χ0) is 19.0. The van der Waals surface area contributed by atoms with E-state index in [4.69, 9.17) is 4.74 Å². The Labute approximate surface area is 160 Å². The fraction of sp³-hybridized carbons (Fsp3) is 0.333. The van der Waals surface area contributed by atoms with Gasteiger partial charge in [0.25, 0.3) is 0 Å². The summed E-state index contributed by atoms with van der Waals surface area (Å²) in [5.74, 6) is 0.681. The molecule has 1 atom stereocenters. The van der Waals surface area contributed by atoms with E-state index >= 15 is 0 Å². The van der Waals surface area contributed by atoms with Crippen molar-refractivity contribution < 1.29 is 13.2 Å². The van der Waals surface area contributed by atoms with Crippen molar-refractivity contribution in [2.24, 2.45) is 0 Å². The number of hydrogen-bond donors (Lipinski definition) is 1. The van der Waals surface area contributed by atoms with Crippen LogP contribution in [0.5, 0.6) is 5.75 Å². The lowest BCUT2D eigenvalue weighted by molar-refractivity contribution is 0.335. The maximum Gasteiger partial charge on any atom is 0.243 e. The van der Waals surface area contributed by atoms with Crippen molar-refractivity contribution in [2.45, 2.75) is 37.1 Å². The maximum atomic E-state index is 13.1. The van der Waals surface area contributed by atoms with Crippen LogP contribution in [0.1, 0.15) is 24.6 Å². The highest BCUT2D eigenvalue weighted by molar-refractivity contribution is 7.89. The number of aromatic amines is 1. The molecule has 0 saturated carbocycles. The second kappa shape index (κ2) is 7.02. The van der Waals surface area contributed by atoms with Crippen molar-refractivity contribution in [3.63, 3.8) is 0 Å². The summed E-state index contributed by atoms with van der Waals surface area (Å²) >= 11 is 0. The first-order valence-corrected chi connectivity index (χ1v) is 10.7. The third-order valence-corrected chi connectivity index (χ3v) is 7.32. The molecule has 1 aromatic heterocycles. The number of aromatic nitrogens is 1. The van der Waals surface area contributed by atoms with E-state index in [1.807, 2.05) is 19.1 Å². The van der Waals surface area contributed by atoms with E-state index in [1.54, 1.807) is 31.3 Å². The van der Waals surface area contributed by atoms with Crippen LogP contribution in [0.3, 0.4) is 0 Å².